The molecule has 5 nitrogen and oxygen atoms in total. The predicted octanol–water partition coefficient (Wildman–Crippen LogP) is 0.938. The van der Waals surface area contributed by atoms with Gasteiger partial charge < -0.3 is 5.11 Å². The van der Waals surface area contributed by atoms with Crippen molar-refractivity contribution in [2.24, 2.45) is 0 Å². The van der Waals surface area contributed by atoms with Gasteiger partial charge in [0, 0.05) is 0 Å². The fourth-order valence-corrected chi connectivity index (χ4v) is 1.67. The molecule has 5 heteroatoms. The Morgan fingerprint density at radius 2 is 1.93 bits per heavy atom. The normalized spacial score (nSPS) is 16.9. The minimum absolute atomic E-state index is 0.322. The molecule has 80 valence electrons. The van der Waals surface area contributed by atoms with Gasteiger partial charge >= 0.3 is 5.97 Å². The summed E-state index contributed by atoms with van der Waals surface area (Å²) in [5.41, 5.74) is 1.86. The van der Waals surface area contributed by atoms with Crippen molar-refractivity contribution in [3.63, 3.8) is 0 Å². The molecule has 0 saturated carbocycles. The molecule has 1 N–H and O–H groups in total. The number of aryl methyl sites for hydroxylation is 2. The Morgan fingerprint density at radius 3 is 2.60 bits per heavy atom. The van der Waals surface area contributed by atoms with Gasteiger partial charge in [-0.3, -0.25) is 4.79 Å². The number of carboxylic acid groups (broad SMARTS) is 1. The van der Waals surface area contributed by atoms with Gasteiger partial charge in [-0.1, -0.05) is 0 Å². The lowest BCUT2D eigenvalue weighted by Crippen LogP contribution is -2.17. The average Bonchev–Trinajstić information content (AvgIpc) is 2.27. The van der Waals surface area contributed by atoms with Crippen LogP contribution in [0.4, 0.5) is 0 Å². The minimum atomic E-state index is -0.910. The van der Waals surface area contributed by atoms with E-state index in [1.165, 1.54) is 0 Å². The van der Waals surface area contributed by atoms with Crippen LogP contribution in [0.25, 0.3) is 0 Å². The van der Waals surface area contributed by atoms with Crippen LogP contribution in [0.2, 0.25) is 0 Å². The summed E-state index contributed by atoms with van der Waals surface area (Å²) in [5.74, 6) is -1.26. The van der Waals surface area contributed by atoms with Crippen molar-refractivity contribution in [2.75, 3.05) is 0 Å². The van der Waals surface area contributed by atoms with E-state index in [-0.39, 0.29) is 0 Å². The molecule has 1 aliphatic rings. The topological polar surface area (TPSA) is 76.0 Å². The molecule has 0 aromatic carbocycles. The Kier molecular flexibility index (Phi) is 2.62. The molecule has 0 fully saturated rings. The number of aromatic nitrogens is 3. The zero-order valence-corrected chi connectivity index (χ0v) is 8.60. The SMILES string of the molecule is CC(C(=O)O)c1nnc2c(n1)CCCC2. The number of hydrogen-bond acceptors (Lipinski definition) is 4. The Bertz CT molecular complexity index is 392. The van der Waals surface area contributed by atoms with Gasteiger partial charge in [-0.05, 0) is 32.6 Å². The number of carboxylic acids is 1. The Hall–Kier alpha value is -1.52. The molecule has 0 amide bonds. The van der Waals surface area contributed by atoms with Crippen LogP contribution in [-0.2, 0) is 17.6 Å². The number of aliphatic carboxylic acids is 1. The second-order valence-corrected chi connectivity index (χ2v) is 3.83. The summed E-state index contributed by atoms with van der Waals surface area (Å²) < 4.78 is 0. The van der Waals surface area contributed by atoms with Gasteiger partial charge in [0.25, 0.3) is 0 Å². The summed E-state index contributed by atoms with van der Waals surface area (Å²) in [6.07, 6.45) is 4.03. The molecule has 0 spiro atoms. The molecule has 1 heterocycles. The van der Waals surface area contributed by atoms with Crippen LogP contribution in [0, 0.1) is 0 Å². The maximum Gasteiger partial charge on any atom is 0.314 e. The van der Waals surface area contributed by atoms with Crippen molar-refractivity contribution in [3.8, 4) is 0 Å². The van der Waals surface area contributed by atoms with E-state index in [0.29, 0.717) is 5.82 Å². The Balaban J connectivity index is 2.31. The van der Waals surface area contributed by atoms with Crippen molar-refractivity contribution >= 4 is 5.97 Å². The third kappa shape index (κ3) is 1.95. The minimum Gasteiger partial charge on any atom is -0.481 e. The van der Waals surface area contributed by atoms with E-state index in [2.05, 4.69) is 15.2 Å². The molecular weight excluding hydrogens is 194 g/mol. The van der Waals surface area contributed by atoms with Crippen LogP contribution in [0.5, 0.6) is 0 Å². The van der Waals surface area contributed by atoms with Gasteiger partial charge in [0.2, 0.25) is 0 Å². The lowest BCUT2D eigenvalue weighted by atomic mass is 10.0. The standard InChI is InChI=1S/C10H13N3O2/c1-6(10(14)15)9-11-7-4-2-3-5-8(7)12-13-9/h6H,2-5H2,1H3,(H,14,15). The van der Waals surface area contributed by atoms with Crippen LogP contribution < -0.4 is 0 Å². The van der Waals surface area contributed by atoms with Gasteiger partial charge in [0.05, 0.1) is 11.4 Å². The van der Waals surface area contributed by atoms with Crippen molar-refractivity contribution in [2.45, 2.75) is 38.5 Å². The quantitative estimate of drug-likeness (QED) is 0.781. The Labute approximate surface area is 87.6 Å². The first-order valence-corrected chi connectivity index (χ1v) is 5.13. The summed E-state index contributed by atoms with van der Waals surface area (Å²) in [7, 11) is 0. The summed E-state index contributed by atoms with van der Waals surface area (Å²) in [6, 6.07) is 0. The summed E-state index contributed by atoms with van der Waals surface area (Å²) in [4.78, 5) is 15.0. The maximum absolute atomic E-state index is 10.8. The largest absolute Gasteiger partial charge is 0.481 e. The van der Waals surface area contributed by atoms with Gasteiger partial charge in [0.15, 0.2) is 5.82 Å². The lowest BCUT2D eigenvalue weighted by molar-refractivity contribution is -0.138. The van der Waals surface area contributed by atoms with E-state index in [9.17, 15) is 4.79 Å². The van der Waals surface area contributed by atoms with Crippen LogP contribution in [0.1, 0.15) is 42.9 Å². The highest BCUT2D eigenvalue weighted by atomic mass is 16.4. The first kappa shape index (κ1) is 10.0. The molecule has 0 radical (unpaired) electrons. The van der Waals surface area contributed by atoms with Crippen LogP contribution in [0.15, 0.2) is 0 Å². The van der Waals surface area contributed by atoms with E-state index < -0.39 is 11.9 Å². The van der Waals surface area contributed by atoms with E-state index in [1.54, 1.807) is 6.92 Å². The zero-order valence-electron chi connectivity index (χ0n) is 8.60. The van der Waals surface area contributed by atoms with Crippen molar-refractivity contribution in [3.05, 3.63) is 17.2 Å². The smallest absolute Gasteiger partial charge is 0.314 e. The van der Waals surface area contributed by atoms with E-state index in [0.717, 1.165) is 37.1 Å². The molecule has 1 atom stereocenters. The summed E-state index contributed by atoms with van der Waals surface area (Å²) in [6.45, 7) is 1.58. The second-order valence-electron chi connectivity index (χ2n) is 3.83. The third-order valence-electron chi connectivity index (χ3n) is 2.69. The monoisotopic (exact) mass is 207 g/mol. The molecule has 15 heavy (non-hydrogen) atoms. The van der Waals surface area contributed by atoms with E-state index in [1.807, 2.05) is 0 Å². The average molecular weight is 207 g/mol. The first-order valence-electron chi connectivity index (χ1n) is 5.13. The summed E-state index contributed by atoms with van der Waals surface area (Å²) >= 11 is 0. The number of nitrogens with zero attached hydrogens (tertiary/aromatic N) is 3. The maximum atomic E-state index is 10.8. The van der Waals surface area contributed by atoms with Crippen molar-refractivity contribution < 1.29 is 9.90 Å². The number of carbonyl (C=O) groups is 1. The van der Waals surface area contributed by atoms with Gasteiger partial charge in [-0.2, -0.15) is 5.10 Å². The van der Waals surface area contributed by atoms with Crippen LogP contribution in [0.3, 0.4) is 0 Å². The van der Waals surface area contributed by atoms with E-state index >= 15 is 0 Å². The number of fused-ring (bicyclic) bond motifs is 1. The van der Waals surface area contributed by atoms with Crippen LogP contribution in [-0.4, -0.2) is 26.3 Å². The zero-order chi connectivity index (χ0) is 10.8. The number of rotatable bonds is 2. The molecule has 1 aromatic heterocycles. The molecule has 1 unspecified atom stereocenters. The predicted molar refractivity (Wildman–Crippen MR) is 52.5 cm³/mol. The highest BCUT2D eigenvalue weighted by molar-refractivity contribution is 5.74. The number of hydrogen-bond donors (Lipinski definition) is 1. The first-order chi connectivity index (χ1) is 7.18. The fraction of sp³-hybridized carbons (Fsp3) is 0.600. The molecular formula is C10H13N3O2. The van der Waals surface area contributed by atoms with Crippen molar-refractivity contribution in [1.29, 1.82) is 0 Å². The van der Waals surface area contributed by atoms with E-state index in [4.69, 9.17) is 5.11 Å². The van der Waals surface area contributed by atoms with Crippen molar-refractivity contribution in [1.82, 2.24) is 15.2 Å². The molecule has 1 aromatic rings. The van der Waals surface area contributed by atoms with Crippen LogP contribution >= 0.6 is 0 Å². The highest BCUT2D eigenvalue weighted by Crippen LogP contribution is 2.18. The summed E-state index contributed by atoms with van der Waals surface area (Å²) in [5, 5.41) is 16.7. The third-order valence-corrected chi connectivity index (χ3v) is 2.69. The molecule has 2 rings (SSSR count). The molecule has 0 saturated heterocycles. The van der Waals surface area contributed by atoms with Gasteiger partial charge in [0.1, 0.15) is 5.92 Å². The van der Waals surface area contributed by atoms with Gasteiger partial charge in [-0.15, -0.1) is 5.10 Å². The molecule has 0 bridgehead atoms. The Morgan fingerprint density at radius 1 is 1.27 bits per heavy atom. The fourth-order valence-electron chi connectivity index (χ4n) is 1.67. The lowest BCUT2D eigenvalue weighted by Gasteiger charge is -2.14. The molecule has 1 aliphatic carbocycles. The van der Waals surface area contributed by atoms with Gasteiger partial charge in [-0.25, -0.2) is 4.98 Å². The highest BCUT2D eigenvalue weighted by Gasteiger charge is 2.20. The second kappa shape index (κ2) is 3.92. The molecule has 0 aliphatic heterocycles.